The molecule has 118 valence electrons. The van der Waals surface area contributed by atoms with E-state index in [4.69, 9.17) is 14.2 Å². The van der Waals surface area contributed by atoms with Crippen LogP contribution in [0.25, 0.3) is 0 Å². The van der Waals surface area contributed by atoms with Crippen LogP contribution in [-0.2, 0) is 9.47 Å². The van der Waals surface area contributed by atoms with Gasteiger partial charge in [-0.2, -0.15) is 0 Å². The minimum absolute atomic E-state index is 0.0105. The van der Waals surface area contributed by atoms with Crippen molar-refractivity contribution in [1.82, 2.24) is 5.32 Å². The number of nitrogens with one attached hydrogen (secondary N) is 1. The van der Waals surface area contributed by atoms with Gasteiger partial charge < -0.3 is 19.5 Å². The lowest BCUT2D eigenvalue weighted by Crippen LogP contribution is -2.60. The van der Waals surface area contributed by atoms with Gasteiger partial charge >= 0.3 is 0 Å². The van der Waals surface area contributed by atoms with Crippen LogP contribution in [0.1, 0.15) is 6.42 Å². The van der Waals surface area contributed by atoms with E-state index in [1.807, 2.05) is 7.05 Å². The predicted octanol–water partition coefficient (Wildman–Crippen LogP) is 2.50. The molecule has 21 heavy (non-hydrogen) atoms. The smallest absolute Gasteiger partial charge is 0.169 e. The summed E-state index contributed by atoms with van der Waals surface area (Å²) in [6.45, 7) is 0.917. The lowest BCUT2D eigenvalue weighted by Gasteiger charge is -2.43. The maximum atomic E-state index is 13.8. The third-order valence-corrected chi connectivity index (χ3v) is 4.04. The molecule has 1 aliphatic rings. The molecule has 1 aliphatic carbocycles. The molecule has 1 N–H and O–H groups in total. The first-order chi connectivity index (χ1) is 10.1. The lowest BCUT2D eigenvalue weighted by atomic mass is 9.85. The van der Waals surface area contributed by atoms with E-state index in [1.165, 1.54) is 6.07 Å². The Morgan fingerprint density at radius 3 is 2.71 bits per heavy atom. The lowest BCUT2D eigenvalue weighted by molar-refractivity contribution is -0.115. The first-order valence-electron chi connectivity index (χ1n) is 6.65. The summed E-state index contributed by atoms with van der Waals surface area (Å²) in [4.78, 5) is 0. The van der Waals surface area contributed by atoms with Crippen LogP contribution in [0.15, 0.2) is 16.6 Å². The molecule has 1 fully saturated rings. The molecule has 1 aromatic carbocycles. The summed E-state index contributed by atoms with van der Waals surface area (Å²) in [5.74, 6) is -1.37. The first-order valence-corrected chi connectivity index (χ1v) is 7.45. The van der Waals surface area contributed by atoms with Gasteiger partial charge in [0.15, 0.2) is 11.6 Å². The molecule has 1 aromatic rings. The third-order valence-electron chi connectivity index (χ3n) is 3.45. The Hall–Kier alpha value is -0.760. The number of likely N-dealkylation sites (N-methyl/N-ethyl adjacent to an activating group) is 1. The Balaban J connectivity index is 2.02. The highest BCUT2D eigenvalue weighted by molar-refractivity contribution is 9.10. The number of methoxy groups -OCH3 is 1. The number of halogens is 3. The molecule has 3 unspecified atom stereocenters. The largest absolute Gasteiger partial charge is 0.483 e. The van der Waals surface area contributed by atoms with E-state index in [2.05, 4.69) is 21.2 Å². The maximum absolute atomic E-state index is 13.8. The van der Waals surface area contributed by atoms with Gasteiger partial charge in [-0.3, -0.25) is 0 Å². The molecular formula is C14H18BrF2NO3. The molecule has 3 atom stereocenters. The van der Waals surface area contributed by atoms with E-state index in [-0.39, 0.29) is 28.5 Å². The van der Waals surface area contributed by atoms with Gasteiger partial charge in [0.1, 0.15) is 18.0 Å². The SMILES string of the molecule is CNC1CC(Oc2c(F)cc(F)cc2Br)C1OCCOC. The van der Waals surface area contributed by atoms with Gasteiger partial charge in [-0.25, -0.2) is 8.78 Å². The van der Waals surface area contributed by atoms with Crippen LogP contribution in [0.3, 0.4) is 0 Å². The van der Waals surface area contributed by atoms with E-state index in [0.29, 0.717) is 19.6 Å². The molecule has 0 aliphatic heterocycles. The first kappa shape index (κ1) is 16.6. The van der Waals surface area contributed by atoms with Gasteiger partial charge in [0.05, 0.1) is 17.7 Å². The molecule has 0 heterocycles. The second kappa shape index (κ2) is 7.49. The highest BCUT2D eigenvalue weighted by Crippen LogP contribution is 2.35. The summed E-state index contributed by atoms with van der Waals surface area (Å²) < 4.78 is 43.4. The fourth-order valence-electron chi connectivity index (χ4n) is 2.26. The van der Waals surface area contributed by atoms with Crippen molar-refractivity contribution in [3.63, 3.8) is 0 Å². The summed E-state index contributed by atoms with van der Waals surface area (Å²) in [7, 11) is 3.43. The Morgan fingerprint density at radius 1 is 1.33 bits per heavy atom. The quantitative estimate of drug-likeness (QED) is 0.753. The maximum Gasteiger partial charge on any atom is 0.169 e. The standard InChI is InChI=1S/C14H18BrF2NO3/c1-18-11-7-12(14(11)20-4-3-19-2)21-13-9(15)5-8(16)6-10(13)17/h5-6,11-12,14,18H,3-4,7H2,1-2H3. The second-order valence-electron chi connectivity index (χ2n) is 4.81. The van der Waals surface area contributed by atoms with Gasteiger partial charge in [-0.1, -0.05) is 0 Å². The molecule has 0 bridgehead atoms. The Labute approximate surface area is 130 Å². The zero-order valence-corrected chi connectivity index (χ0v) is 13.5. The van der Waals surface area contributed by atoms with Crippen molar-refractivity contribution in [2.45, 2.75) is 24.7 Å². The third kappa shape index (κ3) is 3.91. The molecule has 0 saturated heterocycles. The van der Waals surface area contributed by atoms with Gasteiger partial charge in [0.25, 0.3) is 0 Å². The van der Waals surface area contributed by atoms with E-state index >= 15 is 0 Å². The number of hydrogen-bond donors (Lipinski definition) is 1. The van der Waals surface area contributed by atoms with E-state index in [1.54, 1.807) is 7.11 Å². The van der Waals surface area contributed by atoms with Crippen LogP contribution in [0.4, 0.5) is 8.78 Å². The van der Waals surface area contributed by atoms with Gasteiger partial charge in [-0.05, 0) is 29.0 Å². The molecule has 4 nitrogen and oxygen atoms in total. The average Bonchev–Trinajstić information content (AvgIpc) is 2.41. The minimum atomic E-state index is -0.731. The van der Waals surface area contributed by atoms with Gasteiger partial charge in [-0.15, -0.1) is 0 Å². The number of hydrogen-bond acceptors (Lipinski definition) is 4. The fraction of sp³-hybridized carbons (Fsp3) is 0.571. The molecular weight excluding hydrogens is 348 g/mol. The van der Waals surface area contributed by atoms with Crippen LogP contribution >= 0.6 is 15.9 Å². The fourth-order valence-corrected chi connectivity index (χ4v) is 2.76. The van der Waals surface area contributed by atoms with Crippen molar-refractivity contribution >= 4 is 15.9 Å². The second-order valence-corrected chi connectivity index (χ2v) is 5.67. The molecule has 1 saturated carbocycles. The van der Waals surface area contributed by atoms with Crippen molar-refractivity contribution in [2.24, 2.45) is 0 Å². The monoisotopic (exact) mass is 365 g/mol. The average molecular weight is 366 g/mol. The molecule has 7 heteroatoms. The summed E-state index contributed by atoms with van der Waals surface area (Å²) in [5.41, 5.74) is 0. The zero-order valence-electron chi connectivity index (χ0n) is 11.9. The van der Waals surface area contributed by atoms with Crippen molar-refractivity contribution in [3.05, 3.63) is 28.2 Å². The molecule has 2 rings (SSSR count). The molecule has 0 radical (unpaired) electrons. The Bertz CT molecular complexity index is 466. The Morgan fingerprint density at radius 2 is 2.10 bits per heavy atom. The van der Waals surface area contributed by atoms with Crippen LogP contribution in [0, 0.1) is 11.6 Å². The topological polar surface area (TPSA) is 39.7 Å². The van der Waals surface area contributed by atoms with Crippen molar-refractivity contribution < 1.29 is 23.0 Å². The van der Waals surface area contributed by atoms with E-state index < -0.39 is 11.6 Å². The van der Waals surface area contributed by atoms with Crippen LogP contribution in [0.5, 0.6) is 5.75 Å². The van der Waals surface area contributed by atoms with Crippen LogP contribution < -0.4 is 10.1 Å². The number of ether oxygens (including phenoxy) is 3. The van der Waals surface area contributed by atoms with Gasteiger partial charge in [0, 0.05) is 25.6 Å². The van der Waals surface area contributed by atoms with E-state index in [0.717, 1.165) is 6.07 Å². The molecule has 0 aromatic heterocycles. The van der Waals surface area contributed by atoms with Crippen molar-refractivity contribution in [2.75, 3.05) is 27.4 Å². The molecule has 0 spiro atoms. The van der Waals surface area contributed by atoms with Crippen LogP contribution in [0.2, 0.25) is 0 Å². The van der Waals surface area contributed by atoms with Crippen LogP contribution in [-0.4, -0.2) is 45.6 Å². The number of benzene rings is 1. The normalized spacial score (nSPS) is 24.7. The van der Waals surface area contributed by atoms with E-state index in [9.17, 15) is 8.78 Å². The zero-order chi connectivity index (χ0) is 15.4. The van der Waals surface area contributed by atoms with Crippen molar-refractivity contribution in [3.8, 4) is 5.75 Å². The highest BCUT2D eigenvalue weighted by Gasteiger charge is 2.43. The predicted molar refractivity (Wildman–Crippen MR) is 77.6 cm³/mol. The van der Waals surface area contributed by atoms with Gasteiger partial charge in [0.2, 0.25) is 0 Å². The summed E-state index contributed by atoms with van der Waals surface area (Å²) in [6, 6.07) is 2.12. The molecule has 0 amide bonds. The highest BCUT2D eigenvalue weighted by atomic mass is 79.9. The summed E-state index contributed by atoms with van der Waals surface area (Å²) in [5, 5.41) is 3.12. The van der Waals surface area contributed by atoms with Crippen molar-refractivity contribution in [1.29, 1.82) is 0 Å². The number of rotatable bonds is 7. The Kier molecular flexibility index (Phi) is 5.92. The summed E-state index contributed by atoms with van der Waals surface area (Å²) >= 11 is 3.11. The minimum Gasteiger partial charge on any atom is -0.483 e. The summed E-state index contributed by atoms with van der Waals surface area (Å²) in [6.07, 6.45) is 0.217.